The van der Waals surface area contributed by atoms with Crippen molar-refractivity contribution >= 4 is 22.7 Å². The highest BCUT2D eigenvalue weighted by Crippen LogP contribution is 2.15. The van der Waals surface area contributed by atoms with Gasteiger partial charge in [0, 0.05) is 0 Å². The third-order valence-electron chi connectivity index (χ3n) is 1.32. The van der Waals surface area contributed by atoms with Crippen LogP contribution in [0.25, 0.3) is 0 Å². The summed E-state index contributed by atoms with van der Waals surface area (Å²) in [4.78, 5) is 21.7. The minimum atomic E-state index is -0.519. The maximum Gasteiger partial charge on any atom is 0.213 e. The number of thioether (sulfide) groups is 1. The molecule has 0 radical (unpaired) electrons. The van der Waals surface area contributed by atoms with Crippen LogP contribution >= 0.6 is 11.8 Å². The van der Waals surface area contributed by atoms with Crippen molar-refractivity contribution in [3.8, 4) is 0 Å². The second kappa shape index (κ2) is 3.16. The van der Waals surface area contributed by atoms with E-state index in [-0.39, 0.29) is 10.9 Å². The Kier molecular flexibility index (Phi) is 2.45. The predicted octanol–water partition coefficient (Wildman–Crippen LogP) is -0.193. The Morgan fingerprint density at radius 3 is 2.80 bits per heavy atom. The van der Waals surface area contributed by atoms with E-state index in [0.29, 0.717) is 12.3 Å². The maximum atomic E-state index is 10.9. The number of nitrogens with one attached hydrogen (secondary N) is 1. The van der Waals surface area contributed by atoms with Crippen LogP contribution in [0.15, 0.2) is 0 Å². The Morgan fingerprint density at radius 2 is 2.40 bits per heavy atom. The van der Waals surface area contributed by atoms with E-state index in [1.807, 2.05) is 6.92 Å². The zero-order valence-corrected chi connectivity index (χ0v) is 6.53. The van der Waals surface area contributed by atoms with Gasteiger partial charge in [-0.1, -0.05) is 18.7 Å². The summed E-state index contributed by atoms with van der Waals surface area (Å²) < 4.78 is 0. The van der Waals surface area contributed by atoms with E-state index in [0.717, 1.165) is 11.8 Å². The zero-order chi connectivity index (χ0) is 7.56. The van der Waals surface area contributed by atoms with Gasteiger partial charge in [0.15, 0.2) is 5.78 Å². The van der Waals surface area contributed by atoms with Crippen molar-refractivity contribution in [2.24, 2.45) is 0 Å². The van der Waals surface area contributed by atoms with Crippen molar-refractivity contribution in [3.05, 3.63) is 0 Å². The lowest BCUT2D eigenvalue weighted by atomic mass is 10.2. The molecule has 1 aliphatic heterocycles. The van der Waals surface area contributed by atoms with Crippen molar-refractivity contribution in [2.45, 2.75) is 13.0 Å². The summed E-state index contributed by atoms with van der Waals surface area (Å²) in [5.74, 6) is 0.355. The molecule has 10 heavy (non-hydrogen) atoms. The molecule has 1 saturated heterocycles. The first kappa shape index (κ1) is 7.75. The number of Topliss-reactive ketones (excluding diaryl/α,β-unsaturated/α-hetero) is 1. The predicted molar refractivity (Wildman–Crippen MR) is 39.9 cm³/mol. The summed E-state index contributed by atoms with van der Waals surface area (Å²) >= 11 is 1.10. The number of ketones is 1. The molecule has 56 valence electrons. The van der Waals surface area contributed by atoms with Crippen LogP contribution in [-0.2, 0) is 9.59 Å². The van der Waals surface area contributed by atoms with E-state index in [9.17, 15) is 9.59 Å². The summed E-state index contributed by atoms with van der Waals surface area (Å²) in [7, 11) is 0. The monoisotopic (exact) mass is 159 g/mol. The Hall–Kier alpha value is -0.350. The molecule has 0 amide bonds. The van der Waals surface area contributed by atoms with E-state index < -0.39 is 6.04 Å². The summed E-state index contributed by atoms with van der Waals surface area (Å²) in [6.45, 7) is 2.55. The molecule has 1 atom stereocenters. The molecule has 1 fully saturated rings. The average molecular weight is 159 g/mol. The average Bonchev–Trinajstić information content (AvgIpc) is 2.20. The highest BCUT2D eigenvalue weighted by molar-refractivity contribution is 8.15. The molecule has 0 aromatic carbocycles. The molecule has 1 aliphatic rings. The minimum Gasteiger partial charge on any atom is -0.301 e. The van der Waals surface area contributed by atoms with Crippen molar-refractivity contribution in [1.29, 1.82) is 0 Å². The Morgan fingerprint density at radius 1 is 1.70 bits per heavy atom. The van der Waals surface area contributed by atoms with E-state index in [2.05, 4.69) is 5.32 Å². The summed E-state index contributed by atoms with van der Waals surface area (Å²) in [5, 5.41) is 2.79. The van der Waals surface area contributed by atoms with Crippen molar-refractivity contribution in [1.82, 2.24) is 5.32 Å². The molecular formula is C6H9NO2S. The zero-order valence-electron chi connectivity index (χ0n) is 5.72. The fraction of sp³-hybridized carbons (Fsp3) is 0.667. The fourth-order valence-electron chi connectivity index (χ4n) is 0.842. The topological polar surface area (TPSA) is 46.2 Å². The van der Waals surface area contributed by atoms with Gasteiger partial charge in [0.2, 0.25) is 5.12 Å². The molecule has 1 rings (SSSR count). The van der Waals surface area contributed by atoms with Gasteiger partial charge >= 0.3 is 0 Å². The first-order chi connectivity index (χ1) is 4.75. The van der Waals surface area contributed by atoms with E-state index in [1.165, 1.54) is 0 Å². The van der Waals surface area contributed by atoms with Gasteiger partial charge in [-0.15, -0.1) is 0 Å². The van der Waals surface area contributed by atoms with Gasteiger partial charge < -0.3 is 5.32 Å². The molecule has 0 aromatic heterocycles. The molecule has 0 aliphatic carbocycles. The number of carbonyl (C=O) groups excluding carboxylic acids is 2. The highest BCUT2D eigenvalue weighted by atomic mass is 32.2. The Balaban J connectivity index is 2.54. The van der Waals surface area contributed by atoms with Gasteiger partial charge in [-0.25, -0.2) is 0 Å². The minimum absolute atomic E-state index is 0.0110. The second-order valence-electron chi connectivity index (χ2n) is 2.06. The molecule has 1 heterocycles. The molecule has 0 bridgehead atoms. The van der Waals surface area contributed by atoms with Crippen LogP contribution in [0.1, 0.15) is 6.92 Å². The third-order valence-corrected chi connectivity index (χ3v) is 2.27. The van der Waals surface area contributed by atoms with Crippen LogP contribution in [0.4, 0.5) is 0 Å². The molecule has 0 aromatic rings. The molecule has 3 nitrogen and oxygen atoms in total. The third kappa shape index (κ3) is 1.38. The molecular weight excluding hydrogens is 150 g/mol. The van der Waals surface area contributed by atoms with Crippen molar-refractivity contribution in [2.75, 3.05) is 12.3 Å². The lowest BCUT2D eigenvalue weighted by Gasteiger charge is -2.03. The standard InChI is InChI=1S/C6H9NO2S/c1-2-7-5-4(8)3-10-6(5)9/h5,7H,2-3H2,1H3. The van der Waals surface area contributed by atoms with Crippen LogP contribution in [0.3, 0.4) is 0 Å². The molecule has 0 spiro atoms. The van der Waals surface area contributed by atoms with Gasteiger partial charge in [0.1, 0.15) is 6.04 Å². The number of rotatable bonds is 2. The molecule has 4 heteroatoms. The quantitative estimate of drug-likeness (QED) is 0.567. The molecule has 1 N–H and O–H groups in total. The van der Waals surface area contributed by atoms with Crippen molar-refractivity contribution < 1.29 is 9.59 Å². The van der Waals surface area contributed by atoms with Gasteiger partial charge in [-0.05, 0) is 6.54 Å². The lowest BCUT2D eigenvalue weighted by Crippen LogP contribution is -2.38. The van der Waals surface area contributed by atoms with Gasteiger partial charge in [0.05, 0.1) is 5.75 Å². The number of carbonyl (C=O) groups is 2. The van der Waals surface area contributed by atoms with Gasteiger partial charge in [0.25, 0.3) is 0 Å². The van der Waals surface area contributed by atoms with E-state index in [1.54, 1.807) is 0 Å². The Bertz CT molecular complexity index is 153. The normalized spacial score (nSPS) is 25.9. The Labute approximate surface area is 63.6 Å². The van der Waals surface area contributed by atoms with Gasteiger partial charge in [-0.3, -0.25) is 9.59 Å². The summed E-state index contributed by atoms with van der Waals surface area (Å²) in [6.07, 6.45) is 0. The largest absolute Gasteiger partial charge is 0.301 e. The molecule has 1 unspecified atom stereocenters. The number of likely N-dealkylation sites (N-methyl/N-ethyl adjacent to an activating group) is 1. The summed E-state index contributed by atoms with van der Waals surface area (Å²) in [6, 6.07) is -0.519. The smallest absolute Gasteiger partial charge is 0.213 e. The lowest BCUT2D eigenvalue weighted by molar-refractivity contribution is -0.122. The second-order valence-corrected chi connectivity index (χ2v) is 3.04. The van der Waals surface area contributed by atoms with Crippen LogP contribution in [0, 0.1) is 0 Å². The van der Waals surface area contributed by atoms with Crippen LogP contribution in [-0.4, -0.2) is 29.2 Å². The number of hydrogen-bond donors (Lipinski definition) is 1. The van der Waals surface area contributed by atoms with Crippen LogP contribution in [0.2, 0.25) is 0 Å². The first-order valence-electron chi connectivity index (χ1n) is 3.18. The maximum absolute atomic E-state index is 10.9. The van der Waals surface area contributed by atoms with Crippen molar-refractivity contribution in [3.63, 3.8) is 0 Å². The molecule has 0 saturated carbocycles. The van der Waals surface area contributed by atoms with E-state index in [4.69, 9.17) is 0 Å². The van der Waals surface area contributed by atoms with E-state index >= 15 is 0 Å². The fourth-order valence-corrected chi connectivity index (χ4v) is 1.67. The van der Waals surface area contributed by atoms with Gasteiger partial charge in [-0.2, -0.15) is 0 Å². The summed E-state index contributed by atoms with van der Waals surface area (Å²) in [5.41, 5.74) is 0. The highest BCUT2D eigenvalue weighted by Gasteiger charge is 2.32. The first-order valence-corrected chi connectivity index (χ1v) is 4.17. The SMILES string of the molecule is CCNC1C(=O)CSC1=O. The van der Waals surface area contributed by atoms with Crippen LogP contribution < -0.4 is 5.32 Å². The van der Waals surface area contributed by atoms with Crippen LogP contribution in [0.5, 0.6) is 0 Å². The number of hydrogen-bond acceptors (Lipinski definition) is 4.